The van der Waals surface area contributed by atoms with Crippen molar-refractivity contribution in [3.8, 4) is 0 Å². The van der Waals surface area contributed by atoms with Crippen LogP contribution in [0.5, 0.6) is 0 Å². The topological polar surface area (TPSA) is 140 Å². The molecule has 8 bridgehead atoms. The van der Waals surface area contributed by atoms with Gasteiger partial charge in [0, 0.05) is 33.5 Å². The van der Waals surface area contributed by atoms with E-state index in [0.29, 0.717) is 0 Å². The summed E-state index contributed by atoms with van der Waals surface area (Å²) in [4.78, 5) is 32.2. The van der Waals surface area contributed by atoms with E-state index in [1.54, 1.807) is 51.3 Å². The molecular formula is C36H46N2O8. The van der Waals surface area contributed by atoms with Crippen LogP contribution in [0.1, 0.15) is 64.5 Å². The molecule has 0 aromatic heterocycles. The minimum Gasteiger partial charge on any atom is -0.444 e. The van der Waals surface area contributed by atoms with Gasteiger partial charge in [0.25, 0.3) is 0 Å². The van der Waals surface area contributed by atoms with Crippen LogP contribution < -0.4 is 0 Å². The van der Waals surface area contributed by atoms with E-state index in [9.17, 15) is 30.0 Å². The second-order valence-electron chi connectivity index (χ2n) is 16.2. The number of aliphatic hydroxyl groups is 4. The van der Waals surface area contributed by atoms with Crippen LogP contribution in [0.15, 0.2) is 60.7 Å². The molecule has 0 unspecified atom stereocenters. The summed E-state index contributed by atoms with van der Waals surface area (Å²) in [6.07, 6.45) is -1.26. The molecule has 8 rings (SSSR count). The van der Waals surface area contributed by atoms with Crippen LogP contribution in [0, 0.1) is 21.7 Å². The van der Waals surface area contributed by atoms with E-state index in [2.05, 4.69) is 0 Å². The first-order chi connectivity index (χ1) is 21.7. The predicted molar refractivity (Wildman–Crippen MR) is 168 cm³/mol. The van der Waals surface area contributed by atoms with Crippen molar-refractivity contribution >= 4 is 12.2 Å². The fourth-order valence-electron chi connectivity index (χ4n) is 11.7. The van der Waals surface area contributed by atoms with Gasteiger partial charge in [-0.1, -0.05) is 60.7 Å². The van der Waals surface area contributed by atoms with Gasteiger partial charge in [-0.05, 0) is 52.7 Å². The maximum absolute atomic E-state index is 14.5. The number of aliphatic hydroxyl groups excluding tert-OH is 4. The number of rotatable bonds is 6. The smallest absolute Gasteiger partial charge is 0.410 e. The third-order valence-corrected chi connectivity index (χ3v) is 11.9. The standard InChI is InChI=1S/C36H46N2O8/c1-31(2,3)45-29(43)37-25-33(17-39)23(21-13-9-7-10-14-21)34(18-40)26(37)36(20-42)24(22-15-11-8-12-16-22)35(25,19-41)27(33)38(28(34)36)30(44)46-32(4,5)6/h7-16,23-28,39-42H,17-20H2,1-6H3. The van der Waals surface area contributed by atoms with Crippen LogP contribution in [0.25, 0.3) is 0 Å². The number of ether oxygens (including phenoxy) is 2. The average Bonchev–Trinajstić information content (AvgIpc) is 2.98. The molecule has 10 nitrogen and oxygen atoms in total. The molecule has 248 valence electrons. The highest BCUT2D eigenvalue weighted by atomic mass is 16.6. The number of benzene rings is 2. The van der Waals surface area contributed by atoms with Gasteiger partial charge in [0.2, 0.25) is 0 Å². The normalized spacial score (nSPS) is 39.9. The first-order valence-corrected chi connectivity index (χ1v) is 16.2. The van der Waals surface area contributed by atoms with Gasteiger partial charge in [-0.2, -0.15) is 0 Å². The molecule has 10 heteroatoms. The first-order valence-electron chi connectivity index (χ1n) is 16.2. The Morgan fingerprint density at radius 3 is 1.04 bits per heavy atom. The van der Waals surface area contributed by atoms with Gasteiger partial charge < -0.3 is 29.9 Å². The number of carbonyl (C=O) groups excluding carboxylic acids is 2. The summed E-state index contributed by atoms with van der Waals surface area (Å²) in [5, 5.41) is 47.0. The summed E-state index contributed by atoms with van der Waals surface area (Å²) in [6, 6.07) is 16.0. The van der Waals surface area contributed by atoms with E-state index in [-0.39, 0.29) is 0 Å². The summed E-state index contributed by atoms with van der Waals surface area (Å²) in [5.74, 6) is -1.04. The van der Waals surface area contributed by atoms with E-state index in [0.717, 1.165) is 11.1 Å². The largest absolute Gasteiger partial charge is 0.444 e. The Hall–Kier alpha value is -3.18. The first kappa shape index (κ1) is 31.4. The Morgan fingerprint density at radius 2 is 0.826 bits per heavy atom. The van der Waals surface area contributed by atoms with Gasteiger partial charge in [-0.25, -0.2) is 9.59 Å². The van der Waals surface area contributed by atoms with Gasteiger partial charge in [0.15, 0.2) is 0 Å². The van der Waals surface area contributed by atoms with Crippen molar-refractivity contribution in [1.82, 2.24) is 9.80 Å². The summed E-state index contributed by atoms with van der Waals surface area (Å²) in [5.41, 5.74) is -4.83. The third kappa shape index (κ3) is 3.36. The van der Waals surface area contributed by atoms with Crippen molar-refractivity contribution in [2.75, 3.05) is 26.4 Å². The average molecular weight is 635 g/mol. The molecule has 2 saturated carbocycles. The van der Waals surface area contributed by atoms with Crippen molar-refractivity contribution < 1.29 is 39.5 Å². The zero-order valence-corrected chi connectivity index (χ0v) is 27.4. The van der Waals surface area contributed by atoms with E-state index in [1.807, 2.05) is 60.7 Å². The quantitative estimate of drug-likeness (QED) is 0.379. The summed E-state index contributed by atoms with van der Waals surface area (Å²) >= 11 is 0. The van der Waals surface area contributed by atoms with Gasteiger partial charge in [0.1, 0.15) is 11.2 Å². The fourth-order valence-corrected chi connectivity index (χ4v) is 11.7. The highest BCUT2D eigenvalue weighted by Crippen LogP contribution is 2.91. The lowest BCUT2D eigenvalue weighted by atomic mass is 9.16. The summed E-state index contributed by atoms with van der Waals surface area (Å²) in [6.45, 7) is 8.94. The number of hydrogen-bond acceptors (Lipinski definition) is 8. The molecular weight excluding hydrogens is 588 g/mol. The highest BCUT2D eigenvalue weighted by Gasteiger charge is 3.01. The van der Waals surface area contributed by atoms with Crippen molar-refractivity contribution in [3.63, 3.8) is 0 Å². The zero-order chi connectivity index (χ0) is 33.2. The number of piperidine rings is 4. The third-order valence-electron chi connectivity index (χ3n) is 11.9. The van der Waals surface area contributed by atoms with Gasteiger partial charge in [0.05, 0.1) is 50.6 Å². The molecule has 6 fully saturated rings. The van der Waals surface area contributed by atoms with Crippen molar-refractivity contribution in [1.29, 1.82) is 0 Å². The maximum atomic E-state index is 14.5. The molecule has 4 heterocycles. The van der Waals surface area contributed by atoms with Crippen molar-refractivity contribution in [3.05, 3.63) is 71.8 Å². The molecule has 6 aliphatic rings. The minimum atomic E-state index is -1.21. The van der Waals surface area contributed by atoms with Gasteiger partial charge >= 0.3 is 12.2 Å². The lowest BCUT2D eigenvalue weighted by Crippen LogP contribution is -3.08. The maximum Gasteiger partial charge on any atom is 0.410 e. The second kappa shape index (κ2) is 9.69. The van der Waals surface area contributed by atoms with Crippen LogP contribution >= 0.6 is 0 Å². The lowest BCUT2D eigenvalue weighted by molar-refractivity contribution is -0.475. The molecule has 4 saturated heterocycles. The predicted octanol–water partition coefficient (Wildman–Crippen LogP) is 3.49. The SMILES string of the molecule is CC(C)(C)OC(=O)N1C2C3(CO)C(c4ccccc4)C4(CO)C1C1(CO)C(c5ccccc5)C2(CO)C3N(C(=O)OC(C)(C)C)C41. The number of amides is 2. The molecule has 2 amide bonds. The molecule has 2 aromatic carbocycles. The Morgan fingerprint density at radius 1 is 0.565 bits per heavy atom. The van der Waals surface area contributed by atoms with Gasteiger partial charge in [-0.3, -0.25) is 9.80 Å². The number of hydrogen-bond donors (Lipinski definition) is 4. The Balaban J connectivity index is 1.59. The Bertz CT molecular complexity index is 1350. The fraction of sp³-hybridized carbons (Fsp3) is 0.611. The number of nitrogens with zero attached hydrogens (tertiary/aromatic N) is 2. The van der Waals surface area contributed by atoms with E-state index in [1.165, 1.54) is 0 Å². The molecule has 46 heavy (non-hydrogen) atoms. The minimum absolute atomic E-state index is 0.433. The Labute approximate surface area is 269 Å². The van der Waals surface area contributed by atoms with Crippen LogP contribution in [-0.4, -0.2) is 104 Å². The van der Waals surface area contributed by atoms with E-state index < -0.39 is 107 Å². The van der Waals surface area contributed by atoms with E-state index in [4.69, 9.17) is 9.47 Å². The van der Waals surface area contributed by atoms with Crippen LogP contribution in [0.4, 0.5) is 9.59 Å². The van der Waals surface area contributed by atoms with Crippen LogP contribution in [-0.2, 0) is 9.47 Å². The molecule has 0 spiro atoms. The molecule has 0 atom stereocenters. The highest BCUT2D eigenvalue weighted by molar-refractivity contribution is 5.79. The van der Waals surface area contributed by atoms with Crippen LogP contribution in [0.3, 0.4) is 0 Å². The van der Waals surface area contributed by atoms with Gasteiger partial charge in [-0.15, -0.1) is 0 Å². The molecule has 0 radical (unpaired) electrons. The second-order valence-corrected chi connectivity index (χ2v) is 16.2. The molecule has 4 aliphatic heterocycles. The molecule has 2 aromatic rings. The van der Waals surface area contributed by atoms with Crippen LogP contribution in [0.2, 0.25) is 0 Å². The lowest BCUT2D eigenvalue weighted by Gasteiger charge is -2.97. The summed E-state index contributed by atoms with van der Waals surface area (Å²) in [7, 11) is 0. The summed E-state index contributed by atoms with van der Waals surface area (Å²) < 4.78 is 12.1. The monoisotopic (exact) mass is 634 g/mol. The van der Waals surface area contributed by atoms with E-state index >= 15 is 0 Å². The zero-order valence-electron chi connectivity index (χ0n) is 27.4. The molecule has 4 N–H and O–H groups in total. The Kier molecular flexibility index (Phi) is 6.62. The molecule has 2 aliphatic carbocycles. The van der Waals surface area contributed by atoms with Crippen molar-refractivity contribution in [2.24, 2.45) is 21.7 Å². The van der Waals surface area contributed by atoms with Crippen molar-refractivity contribution in [2.45, 2.75) is 88.7 Å². The number of carbonyl (C=O) groups is 2.